The molecule has 0 amide bonds. The van der Waals surface area contributed by atoms with Crippen LogP contribution in [-0.4, -0.2) is 19.2 Å². The van der Waals surface area contributed by atoms with Gasteiger partial charge in [0.15, 0.2) is 0 Å². The molecule has 0 saturated heterocycles. The van der Waals surface area contributed by atoms with Gasteiger partial charge in [-0.2, -0.15) is 0 Å². The van der Waals surface area contributed by atoms with Gasteiger partial charge >= 0.3 is 0 Å². The van der Waals surface area contributed by atoms with Crippen LogP contribution >= 0.6 is 0 Å². The van der Waals surface area contributed by atoms with Crippen molar-refractivity contribution in [3.63, 3.8) is 0 Å². The number of benzene rings is 1. The summed E-state index contributed by atoms with van der Waals surface area (Å²) in [6.07, 6.45) is 1.06. The summed E-state index contributed by atoms with van der Waals surface area (Å²) < 4.78 is 5.19. The van der Waals surface area contributed by atoms with Crippen molar-refractivity contribution in [3.8, 4) is 5.75 Å². The van der Waals surface area contributed by atoms with Gasteiger partial charge in [-0.25, -0.2) is 0 Å². The highest BCUT2D eigenvalue weighted by molar-refractivity contribution is 5.34. The molecule has 0 bridgehead atoms. The minimum atomic E-state index is 0.195. The second-order valence-corrected chi connectivity index (χ2v) is 5.22. The van der Waals surface area contributed by atoms with Gasteiger partial charge in [-0.05, 0) is 63.9 Å². The summed E-state index contributed by atoms with van der Waals surface area (Å²) in [7, 11) is 1.70. The average Bonchev–Trinajstić information content (AvgIpc) is 2.18. The molecule has 0 radical (unpaired) electrons. The predicted molar refractivity (Wildman–Crippen MR) is 69.2 cm³/mol. The fraction of sp³-hybridized carbons (Fsp3) is 0.571. The zero-order chi connectivity index (χ0) is 12.2. The maximum atomic E-state index is 5.19. The van der Waals surface area contributed by atoms with Crippen LogP contribution in [0.2, 0.25) is 0 Å². The number of methoxy groups -OCH3 is 1. The highest BCUT2D eigenvalue weighted by atomic mass is 16.5. The van der Waals surface area contributed by atoms with E-state index in [1.165, 1.54) is 11.1 Å². The molecule has 0 fully saturated rings. The van der Waals surface area contributed by atoms with Gasteiger partial charge in [-0.15, -0.1) is 0 Å². The maximum Gasteiger partial charge on any atom is 0.119 e. The fourth-order valence-electron chi connectivity index (χ4n) is 1.65. The molecule has 0 unspecified atom stereocenters. The lowest BCUT2D eigenvalue weighted by Gasteiger charge is -2.20. The Morgan fingerprint density at radius 2 is 1.94 bits per heavy atom. The van der Waals surface area contributed by atoms with Gasteiger partial charge in [0.05, 0.1) is 7.11 Å². The molecule has 1 N–H and O–H groups in total. The Labute approximate surface area is 99.0 Å². The first-order valence-corrected chi connectivity index (χ1v) is 5.81. The van der Waals surface area contributed by atoms with E-state index >= 15 is 0 Å². The van der Waals surface area contributed by atoms with Gasteiger partial charge in [-0.1, -0.05) is 6.07 Å². The molecule has 0 heterocycles. The van der Waals surface area contributed by atoms with E-state index in [0.29, 0.717) is 0 Å². The molecule has 0 saturated carbocycles. The third-order valence-electron chi connectivity index (χ3n) is 2.60. The van der Waals surface area contributed by atoms with E-state index in [0.717, 1.165) is 18.7 Å². The highest BCUT2D eigenvalue weighted by Gasteiger charge is 2.08. The van der Waals surface area contributed by atoms with Crippen molar-refractivity contribution in [2.24, 2.45) is 0 Å². The van der Waals surface area contributed by atoms with E-state index in [1.807, 2.05) is 6.07 Å². The van der Waals surface area contributed by atoms with Crippen LogP contribution in [0.4, 0.5) is 0 Å². The Hall–Kier alpha value is -1.02. The second-order valence-electron chi connectivity index (χ2n) is 5.22. The molecule has 2 heteroatoms. The molecule has 0 aliphatic carbocycles. The Bertz CT molecular complexity index is 339. The molecule has 0 aliphatic heterocycles. The summed E-state index contributed by atoms with van der Waals surface area (Å²) in [5.74, 6) is 0.935. The van der Waals surface area contributed by atoms with Gasteiger partial charge in [-0.3, -0.25) is 0 Å². The quantitative estimate of drug-likeness (QED) is 0.844. The fourth-order valence-corrected chi connectivity index (χ4v) is 1.65. The highest BCUT2D eigenvalue weighted by Crippen LogP contribution is 2.17. The lowest BCUT2D eigenvalue weighted by atomic mass is 10.0. The van der Waals surface area contributed by atoms with Crippen LogP contribution in [0.5, 0.6) is 5.75 Å². The van der Waals surface area contributed by atoms with E-state index in [9.17, 15) is 0 Å². The first kappa shape index (κ1) is 13.0. The molecule has 16 heavy (non-hydrogen) atoms. The Balaban J connectivity index is 2.55. The predicted octanol–water partition coefficient (Wildman–Crippen LogP) is 2.93. The summed E-state index contributed by atoms with van der Waals surface area (Å²) in [5, 5.41) is 3.49. The summed E-state index contributed by atoms with van der Waals surface area (Å²) in [6.45, 7) is 9.71. The third-order valence-corrected chi connectivity index (χ3v) is 2.60. The van der Waals surface area contributed by atoms with Crippen molar-refractivity contribution in [2.45, 2.75) is 39.7 Å². The number of ether oxygens (including phenoxy) is 1. The SMILES string of the molecule is COc1ccc(CCNC(C)(C)C)c(C)c1. The molecule has 0 atom stereocenters. The second kappa shape index (κ2) is 5.35. The topological polar surface area (TPSA) is 21.3 Å². The van der Waals surface area contributed by atoms with E-state index in [-0.39, 0.29) is 5.54 Å². The summed E-state index contributed by atoms with van der Waals surface area (Å²) in [6, 6.07) is 6.27. The van der Waals surface area contributed by atoms with Gasteiger partial charge < -0.3 is 10.1 Å². The molecule has 90 valence electrons. The van der Waals surface area contributed by atoms with Crippen molar-refractivity contribution in [2.75, 3.05) is 13.7 Å². The smallest absolute Gasteiger partial charge is 0.119 e. The van der Waals surface area contributed by atoms with Crippen LogP contribution in [0, 0.1) is 6.92 Å². The van der Waals surface area contributed by atoms with Gasteiger partial charge in [0, 0.05) is 5.54 Å². The monoisotopic (exact) mass is 221 g/mol. The van der Waals surface area contributed by atoms with Crippen molar-refractivity contribution in [1.82, 2.24) is 5.32 Å². The molecule has 1 aromatic carbocycles. The van der Waals surface area contributed by atoms with Crippen molar-refractivity contribution in [1.29, 1.82) is 0 Å². The summed E-state index contributed by atoms with van der Waals surface area (Å²) in [4.78, 5) is 0. The number of aryl methyl sites for hydroxylation is 1. The normalized spacial score (nSPS) is 11.6. The van der Waals surface area contributed by atoms with E-state index in [1.54, 1.807) is 7.11 Å². The number of hydrogen-bond acceptors (Lipinski definition) is 2. The van der Waals surface area contributed by atoms with Gasteiger partial charge in [0.1, 0.15) is 5.75 Å². The van der Waals surface area contributed by atoms with Crippen LogP contribution < -0.4 is 10.1 Å². The summed E-state index contributed by atoms with van der Waals surface area (Å²) >= 11 is 0. The lowest BCUT2D eigenvalue weighted by Crippen LogP contribution is -2.37. The van der Waals surface area contributed by atoms with Crippen LogP contribution in [0.15, 0.2) is 18.2 Å². The minimum absolute atomic E-state index is 0.195. The third kappa shape index (κ3) is 4.23. The van der Waals surface area contributed by atoms with Crippen molar-refractivity contribution in [3.05, 3.63) is 29.3 Å². The van der Waals surface area contributed by atoms with E-state index in [2.05, 4.69) is 45.1 Å². The van der Waals surface area contributed by atoms with Gasteiger partial charge in [0.25, 0.3) is 0 Å². The van der Waals surface area contributed by atoms with Crippen LogP contribution in [0.3, 0.4) is 0 Å². The van der Waals surface area contributed by atoms with Crippen LogP contribution in [0.1, 0.15) is 31.9 Å². The Kier molecular flexibility index (Phi) is 4.36. The number of rotatable bonds is 4. The molecule has 2 nitrogen and oxygen atoms in total. The zero-order valence-electron chi connectivity index (χ0n) is 11.1. The Morgan fingerprint density at radius 3 is 2.44 bits per heavy atom. The molecule has 0 aromatic heterocycles. The molecule has 1 rings (SSSR count). The lowest BCUT2D eigenvalue weighted by molar-refractivity contribution is 0.413. The Morgan fingerprint density at radius 1 is 1.25 bits per heavy atom. The van der Waals surface area contributed by atoms with E-state index in [4.69, 9.17) is 4.74 Å². The average molecular weight is 221 g/mol. The molecular weight excluding hydrogens is 198 g/mol. The maximum absolute atomic E-state index is 5.19. The first-order valence-electron chi connectivity index (χ1n) is 5.81. The minimum Gasteiger partial charge on any atom is -0.497 e. The molecule has 0 spiro atoms. The van der Waals surface area contributed by atoms with E-state index < -0.39 is 0 Å². The molecular formula is C14H23NO. The standard InChI is InChI=1S/C14H23NO/c1-11-10-13(16-5)7-6-12(11)8-9-15-14(2,3)4/h6-7,10,15H,8-9H2,1-5H3. The zero-order valence-corrected chi connectivity index (χ0v) is 11.1. The van der Waals surface area contributed by atoms with Crippen molar-refractivity contribution < 1.29 is 4.74 Å². The first-order chi connectivity index (χ1) is 7.42. The van der Waals surface area contributed by atoms with Crippen LogP contribution in [0.25, 0.3) is 0 Å². The summed E-state index contributed by atoms with van der Waals surface area (Å²) in [5.41, 5.74) is 2.88. The largest absolute Gasteiger partial charge is 0.497 e. The molecule has 1 aromatic rings. The van der Waals surface area contributed by atoms with Crippen molar-refractivity contribution >= 4 is 0 Å². The number of nitrogens with one attached hydrogen (secondary N) is 1. The molecule has 0 aliphatic rings. The van der Waals surface area contributed by atoms with Gasteiger partial charge in [0.2, 0.25) is 0 Å². The van der Waals surface area contributed by atoms with Crippen LogP contribution in [-0.2, 0) is 6.42 Å². The number of hydrogen-bond donors (Lipinski definition) is 1.